The highest BCUT2D eigenvalue weighted by atomic mass is 16.5. The van der Waals surface area contributed by atoms with Crippen molar-refractivity contribution >= 4 is 17.7 Å². The van der Waals surface area contributed by atoms with E-state index in [2.05, 4.69) is 15.8 Å². The molecule has 20 heavy (non-hydrogen) atoms. The van der Waals surface area contributed by atoms with Crippen molar-refractivity contribution in [3.63, 3.8) is 0 Å². The number of amides is 2. The first-order chi connectivity index (χ1) is 9.54. The van der Waals surface area contributed by atoms with Gasteiger partial charge in [0.05, 0.1) is 12.3 Å². The number of carbonyl (C=O) groups is 2. The first-order valence-corrected chi connectivity index (χ1v) is 6.03. The number of hydrazine groups is 1. The van der Waals surface area contributed by atoms with E-state index in [1.54, 1.807) is 31.2 Å². The van der Waals surface area contributed by atoms with Crippen LogP contribution in [0.1, 0.15) is 13.8 Å². The number of nitrogens with one attached hydrogen (secondary N) is 1. The predicted molar refractivity (Wildman–Crippen MR) is 71.6 cm³/mol. The number of carbonyl (C=O) groups excluding carboxylic acids is 2. The fraction of sp³-hybridized carbons (Fsp3) is 0.333. The minimum atomic E-state index is -0.854. The van der Waals surface area contributed by atoms with Crippen LogP contribution in [0.25, 0.3) is 0 Å². The largest absolute Gasteiger partial charge is 0.464 e. The molecule has 1 aromatic carbocycles. The van der Waals surface area contributed by atoms with Crippen LogP contribution in [0.2, 0.25) is 0 Å². The summed E-state index contributed by atoms with van der Waals surface area (Å²) in [6.07, 6.45) is 0. The molecule has 3 N–H and O–H groups in total. The Balaban J connectivity index is 2.81. The molecule has 0 saturated heterocycles. The van der Waals surface area contributed by atoms with Gasteiger partial charge < -0.3 is 10.5 Å². The van der Waals surface area contributed by atoms with Gasteiger partial charge in [0.25, 0.3) is 0 Å². The molecule has 0 aliphatic carbocycles. The van der Waals surface area contributed by atoms with Crippen LogP contribution in [0.3, 0.4) is 0 Å². The van der Waals surface area contributed by atoms with E-state index in [4.69, 9.17) is 10.5 Å². The average molecular weight is 279 g/mol. The van der Waals surface area contributed by atoms with E-state index in [0.717, 1.165) is 5.12 Å². The van der Waals surface area contributed by atoms with E-state index < -0.39 is 18.0 Å². The third-order valence-corrected chi connectivity index (χ3v) is 2.23. The number of nitrogens with zero attached hydrogens (tertiary/aromatic N) is 3. The Morgan fingerprint density at radius 2 is 2.05 bits per heavy atom. The van der Waals surface area contributed by atoms with Crippen molar-refractivity contribution in [1.29, 1.82) is 0 Å². The summed E-state index contributed by atoms with van der Waals surface area (Å²) < 4.78 is 4.84. The SMILES string of the molecule is CCOC(=O)C(C)N(N=Nc1ccccc1)NC(N)=O. The summed E-state index contributed by atoms with van der Waals surface area (Å²) in [6, 6.07) is 7.15. The van der Waals surface area contributed by atoms with Crippen LogP contribution >= 0.6 is 0 Å². The van der Waals surface area contributed by atoms with E-state index in [0.29, 0.717) is 5.69 Å². The molecule has 0 saturated carbocycles. The molecule has 1 aromatic rings. The molecular formula is C12H17N5O3. The first kappa shape index (κ1) is 15.4. The van der Waals surface area contributed by atoms with Gasteiger partial charge in [-0.3, -0.25) is 0 Å². The minimum absolute atomic E-state index is 0.226. The lowest BCUT2D eigenvalue weighted by Crippen LogP contribution is -2.49. The highest BCUT2D eigenvalue weighted by Gasteiger charge is 2.23. The highest BCUT2D eigenvalue weighted by molar-refractivity contribution is 5.76. The van der Waals surface area contributed by atoms with Crippen molar-refractivity contribution in [3.05, 3.63) is 30.3 Å². The van der Waals surface area contributed by atoms with Crippen molar-refractivity contribution in [2.24, 2.45) is 16.1 Å². The van der Waals surface area contributed by atoms with E-state index >= 15 is 0 Å². The van der Waals surface area contributed by atoms with Crippen molar-refractivity contribution in [2.75, 3.05) is 6.61 Å². The fourth-order valence-corrected chi connectivity index (χ4v) is 1.27. The van der Waals surface area contributed by atoms with Crippen LogP contribution in [-0.4, -0.2) is 29.8 Å². The predicted octanol–water partition coefficient (Wildman–Crippen LogP) is 1.52. The molecule has 0 aromatic heterocycles. The second-order valence-electron chi connectivity index (χ2n) is 3.77. The summed E-state index contributed by atoms with van der Waals surface area (Å²) in [7, 11) is 0. The first-order valence-electron chi connectivity index (χ1n) is 6.03. The van der Waals surface area contributed by atoms with E-state index in [-0.39, 0.29) is 6.61 Å². The summed E-state index contributed by atoms with van der Waals surface area (Å²) in [5, 5.41) is 8.63. The Morgan fingerprint density at radius 3 is 2.60 bits per heavy atom. The molecule has 0 aliphatic heterocycles. The number of primary amides is 1. The van der Waals surface area contributed by atoms with E-state index in [9.17, 15) is 9.59 Å². The Hall–Kier alpha value is -2.64. The number of benzene rings is 1. The normalized spacial score (nSPS) is 11.9. The lowest BCUT2D eigenvalue weighted by molar-refractivity contribution is -0.149. The zero-order chi connectivity index (χ0) is 15.0. The van der Waals surface area contributed by atoms with Crippen LogP contribution < -0.4 is 11.2 Å². The average Bonchev–Trinajstić information content (AvgIpc) is 2.43. The van der Waals surface area contributed by atoms with Crippen LogP contribution in [-0.2, 0) is 9.53 Å². The maximum Gasteiger partial charge on any atom is 0.332 e. The number of esters is 1. The van der Waals surface area contributed by atoms with Gasteiger partial charge in [-0.15, -0.1) is 5.11 Å². The molecule has 8 nitrogen and oxygen atoms in total. The maximum atomic E-state index is 11.6. The fourth-order valence-electron chi connectivity index (χ4n) is 1.27. The number of hydrogen-bond acceptors (Lipinski definition) is 5. The number of ether oxygens (including phenoxy) is 1. The zero-order valence-corrected chi connectivity index (χ0v) is 11.3. The molecule has 1 rings (SSSR count). The molecule has 0 bridgehead atoms. The lowest BCUT2D eigenvalue weighted by atomic mass is 10.3. The molecule has 0 fully saturated rings. The monoisotopic (exact) mass is 279 g/mol. The number of rotatable bonds is 6. The third-order valence-electron chi connectivity index (χ3n) is 2.23. The van der Waals surface area contributed by atoms with Crippen LogP contribution in [0.5, 0.6) is 0 Å². The van der Waals surface area contributed by atoms with Gasteiger partial charge in [-0.2, -0.15) is 5.12 Å². The summed E-state index contributed by atoms with van der Waals surface area (Å²) in [6.45, 7) is 3.42. The second kappa shape index (κ2) is 7.72. The van der Waals surface area contributed by atoms with Crippen molar-refractivity contribution in [1.82, 2.24) is 10.5 Å². The van der Waals surface area contributed by atoms with Crippen LogP contribution in [0.15, 0.2) is 40.7 Å². The molecular weight excluding hydrogens is 262 g/mol. The van der Waals surface area contributed by atoms with Crippen LogP contribution in [0.4, 0.5) is 10.5 Å². The highest BCUT2D eigenvalue weighted by Crippen LogP contribution is 2.11. The van der Waals surface area contributed by atoms with Gasteiger partial charge in [-0.05, 0) is 31.2 Å². The van der Waals surface area contributed by atoms with Crippen LogP contribution in [0, 0.1) is 0 Å². The molecule has 0 radical (unpaired) electrons. The van der Waals surface area contributed by atoms with Gasteiger partial charge in [0.2, 0.25) is 0 Å². The molecule has 2 amide bonds. The molecule has 108 valence electrons. The number of nitrogens with two attached hydrogens (primary N) is 1. The molecule has 0 aliphatic rings. The molecule has 1 unspecified atom stereocenters. The van der Waals surface area contributed by atoms with E-state index in [1.807, 2.05) is 6.07 Å². The Morgan fingerprint density at radius 1 is 1.40 bits per heavy atom. The zero-order valence-electron chi connectivity index (χ0n) is 11.3. The lowest BCUT2D eigenvalue weighted by Gasteiger charge is -2.22. The molecule has 0 heterocycles. The second-order valence-corrected chi connectivity index (χ2v) is 3.77. The van der Waals surface area contributed by atoms with Gasteiger partial charge in [-0.25, -0.2) is 15.0 Å². The molecule has 0 spiro atoms. The maximum absolute atomic E-state index is 11.6. The van der Waals surface area contributed by atoms with Gasteiger partial charge in [0.15, 0.2) is 6.04 Å². The Labute approximate surface area is 116 Å². The summed E-state index contributed by atoms with van der Waals surface area (Å²) in [5.41, 5.74) is 7.80. The summed E-state index contributed by atoms with van der Waals surface area (Å²) in [5.74, 6) is -0.548. The summed E-state index contributed by atoms with van der Waals surface area (Å²) in [4.78, 5) is 22.5. The van der Waals surface area contributed by atoms with E-state index in [1.165, 1.54) is 6.92 Å². The van der Waals surface area contributed by atoms with Crippen molar-refractivity contribution in [3.8, 4) is 0 Å². The third kappa shape index (κ3) is 4.92. The van der Waals surface area contributed by atoms with Gasteiger partial charge in [0.1, 0.15) is 0 Å². The summed E-state index contributed by atoms with van der Waals surface area (Å²) >= 11 is 0. The Bertz CT molecular complexity index is 477. The van der Waals surface area contributed by atoms with Gasteiger partial charge in [-0.1, -0.05) is 18.2 Å². The van der Waals surface area contributed by atoms with Crippen molar-refractivity contribution in [2.45, 2.75) is 19.9 Å². The standard InChI is InChI=1S/C12H17N5O3/c1-3-20-11(18)9(2)17(15-12(13)19)16-14-10-7-5-4-6-8-10/h4-9H,3H2,1-2H3,(H3,13,15,19). The smallest absolute Gasteiger partial charge is 0.332 e. The number of urea groups is 1. The quantitative estimate of drug-likeness (QED) is 0.467. The Kier molecular flexibility index (Phi) is 5.95. The van der Waals surface area contributed by atoms with Crippen molar-refractivity contribution < 1.29 is 14.3 Å². The molecule has 8 heteroatoms. The van der Waals surface area contributed by atoms with Gasteiger partial charge >= 0.3 is 12.0 Å². The molecule has 1 atom stereocenters. The topological polar surface area (TPSA) is 109 Å². The minimum Gasteiger partial charge on any atom is -0.464 e. The number of hydrogen-bond donors (Lipinski definition) is 2. The van der Waals surface area contributed by atoms with Gasteiger partial charge in [0, 0.05) is 0 Å².